The zero-order chi connectivity index (χ0) is 17.4. The Labute approximate surface area is 145 Å². The summed E-state index contributed by atoms with van der Waals surface area (Å²) in [5.41, 5.74) is 3.26. The molecule has 1 aliphatic heterocycles. The van der Waals surface area contributed by atoms with E-state index in [9.17, 15) is 8.42 Å². The average Bonchev–Trinajstić information content (AvgIpc) is 3.08. The van der Waals surface area contributed by atoms with Crippen LogP contribution < -0.4 is 9.47 Å². The first-order valence-electron chi connectivity index (χ1n) is 7.59. The third-order valence-corrected chi connectivity index (χ3v) is 5.10. The maximum Gasteiger partial charge on any atom is 0.231 e. The van der Waals surface area contributed by atoms with Gasteiger partial charge in [0.25, 0.3) is 0 Å². The van der Waals surface area contributed by atoms with E-state index in [-0.39, 0.29) is 11.7 Å². The van der Waals surface area contributed by atoms with Crippen molar-refractivity contribution >= 4 is 9.84 Å². The zero-order valence-electron chi connectivity index (χ0n) is 13.4. The fourth-order valence-corrected chi connectivity index (χ4v) is 3.36. The van der Waals surface area contributed by atoms with Crippen LogP contribution in [0.5, 0.6) is 11.5 Å². The molecule has 0 bridgehead atoms. The summed E-state index contributed by atoms with van der Waals surface area (Å²) in [5.74, 6) is 1.31. The highest BCUT2D eigenvalue weighted by Crippen LogP contribution is 2.42. The van der Waals surface area contributed by atoms with Crippen molar-refractivity contribution in [3.63, 3.8) is 0 Å². The molecule has 6 heteroatoms. The molecule has 0 aliphatic carbocycles. The number of ether oxygens (including phenoxy) is 2. The third-order valence-electron chi connectivity index (χ3n) is 3.97. The van der Waals surface area contributed by atoms with Crippen molar-refractivity contribution in [2.45, 2.75) is 4.90 Å². The van der Waals surface area contributed by atoms with Gasteiger partial charge in [0.15, 0.2) is 21.3 Å². The van der Waals surface area contributed by atoms with Crippen LogP contribution in [-0.2, 0) is 9.84 Å². The lowest BCUT2D eigenvalue weighted by molar-refractivity contribution is 0.174. The Kier molecular flexibility index (Phi) is 3.69. The molecule has 0 atom stereocenters. The molecular formula is C19H14NO4S. The second kappa shape index (κ2) is 5.89. The summed E-state index contributed by atoms with van der Waals surface area (Å²) < 4.78 is 34.3. The molecule has 0 fully saturated rings. The van der Waals surface area contributed by atoms with Crippen LogP contribution in [0.1, 0.15) is 0 Å². The van der Waals surface area contributed by atoms with Gasteiger partial charge >= 0.3 is 0 Å². The number of benzene rings is 2. The number of pyridine rings is 1. The fraction of sp³-hybridized carbons (Fsp3) is 0.105. The van der Waals surface area contributed by atoms with Gasteiger partial charge in [0.2, 0.25) is 6.79 Å². The van der Waals surface area contributed by atoms with Gasteiger partial charge < -0.3 is 9.47 Å². The molecule has 125 valence electrons. The summed E-state index contributed by atoms with van der Waals surface area (Å²) in [4.78, 5) is 4.65. The highest BCUT2D eigenvalue weighted by molar-refractivity contribution is 7.90. The van der Waals surface area contributed by atoms with Crippen molar-refractivity contribution in [2.75, 3.05) is 13.0 Å². The Balaban J connectivity index is 1.89. The highest BCUT2D eigenvalue weighted by atomic mass is 32.2. The minimum atomic E-state index is -3.24. The van der Waals surface area contributed by atoms with E-state index < -0.39 is 9.84 Å². The highest BCUT2D eigenvalue weighted by Gasteiger charge is 2.20. The lowest BCUT2D eigenvalue weighted by atomic mass is 9.96. The Morgan fingerprint density at radius 1 is 1.04 bits per heavy atom. The van der Waals surface area contributed by atoms with E-state index in [1.807, 2.05) is 12.1 Å². The van der Waals surface area contributed by atoms with Gasteiger partial charge in [-0.15, -0.1) is 0 Å². The van der Waals surface area contributed by atoms with Crippen molar-refractivity contribution in [1.29, 1.82) is 0 Å². The minimum absolute atomic E-state index is 0.178. The summed E-state index contributed by atoms with van der Waals surface area (Å²) in [6, 6.07) is 17.2. The number of aromatic nitrogens is 1. The molecule has 1 aliphatic rings. The molecule has 0 unspecified atom stereocenters. The van der Waals surface area contributed by atoms with Crippen molar-refractivity contribution in [3.8, 4) is 33.9 Å². The molecule has 0 spiro atoms. The number of sulfone groups is 1. The molecule has 1 aromatic heterocycles. The van der Waals surface area contributed by atoms with E-state index in [1.54, 1.807) is 42.6 Å². The third kappa shape index (κ3) is 2.96. The van der Waals surface area contributed by atoms with Gasteiger partial charge in [-0.2, -0.15) is 0 Å². The maximum atomic E-state index is 11.7. The minimum Gasteiger partial charge on any atom is -0.454 e. The van der Waals surface area contributed by atoms with Gasteiger partial charge in [-0.25, -0.2) is 8.42 Å². The van der Waals surface area contributed by atoms with E-state index in [0.29, 0.717) is 17.2 Å². The summed E-state index contributed by atoms with van der Waals surface area (Å²) in [6.45, 7) is 0.178. The summed E-state index contributed by atoms with van der Waals surface area (Å²) >= 11 is 0. The van der Waals surface area contributed by atoms with E-state index >= 15 is 0 Å². The number of hydrogen-bond donors (Lipinski definition) is 0. The summed E-state index contributed by atoms with van der Waals surface area (Å²) in [6.07, 6.45) is 2.89. The van der Waals surface area contributed by atoms with E-state index in [2.05, 4.69) is 11.1 Å². The van der Waals surface area contributed by atoms with E-state index in [4.69, 9.17) is 9.47 Å². The van der Waals surface area contributed by atoms with Crippen LogP contribution in [0.4, 0.5) is 0 Å². The van der Waals surface area contributed by atoms with Gasteiger partial charge in [-0.3, -0.25) is 4.98 Å². The average molecular weight is 352 g/mol. The van der Waals surface area contributed by atoms with Crippen LogP contribution >= 0.6 is 0 Å². The lowest BCUT2D eigenvalue weighted by Gasteiger charge is -2.11. The first-order chi connectivity index (χ1) is 12.0. The topological polar surface area (TPSA) is 65.5 Å². The molecule has 3 aromatic rings. The largest absolute Gasteiger partial charge is 0.454 e. The summed E-state index contributed by atoms with van der Waals surface area (Å²) in [7, 11) is -3.24. The molecule has 0 saturated carbocycles. The van der Waals surface area contributed by atoms with Crippen LogP contribution in [0.2, 0.25) is 0 Å². The first-order valence-corrected chi connectivity index (χ1v) is 9.49. The van der Waals surface area contributed by atoms with Crippen molar-refractivity contribution in [3.05, 3.63) is 60.8 Å². The fourth-order valence-electron chi connectivity index (χ4n) is 2.73. The standard InChI is InChI=1S/C19H14NO4S/c1-25(21,22)14-7-5-13(6-8-14)15-10-18-19(24-12-23-18)11-16(15)17-4-2-3-9-20-17/h2-3,5-11H,12H2,1H3. The first kappa shape index (κ1) is 15.7. The van der Waals surface area contributed by atoms with E-state index in [1.165, 1.54) is 6.26 Å². The Morgan fingerprint density at radius 3 is 2.32 bits per heavy atom. The summed E-state index contributed by atoms with van der Waals surface area (Å²) in [5, 5.41) is 0. The van der Waals surface area contributed by atoms with Crippen LogP contribution in [0.25, 0.3) is 22.4 Å². The van der Waals surface area contributed by atoms with Crippen LogP contribution in [0.15, 0.2) is 59.6 Å². The van der Waals surface area contributed by atoms with Gasteiger partial charge in [0.05, 0.1) is 10.6 Å². The Morgan fingerprint density at radius 2 is 1.72 bits per heavy atom. The van der Waals surface area contributed by atoms with Gasteiger partial charge in [-0.05, 0) is 41.5 Å². The monoisotopic (exact) mass is 352 g/mol. The smallest absolute Gasteiger partial charge is 0.231 e. The molecule has 0 saturated heterocycles. The zero-order valence-corrected chi connectivity index (χ0v) is 14.2. The quantitative estimate of drug-likeness (QED) is 0.723. The molecular weight excluding hydrogens is 338 g/mol. The second-order valence-corrected chi connectivity index (χ2v) is 7.69. The van der Waals surface area contributed by atoms with Gasteiger partial charge in [0, 0.05) is 24.1 Å². The van der Waals surface area contributed by atoms with Crippen LogP contribution in [0.3, 0.4) is 0 Å². The molecule has 0 N–H and O–H groups in total. The van der Waals surface area contributed by atoms with Crippen molar-refractivity contribution < 1.29 is 17.9 Å². The molecule has 2 heterocycles. The molecule has 2 aromatic carbocycles. The lowest BCUT2D eigenvalue weighted by Crippen LogP contribution is -1.96. The Hall–Kier alpha value is -2.86. The normalized spacial score (nSPS) is 13.0. The van der Waals surface area contributed by atoms with Crippen molar-refractivity contribution in [2.24, 2.45) is 0 Å². The SMILES string of the molecule is CS(=O)(=O)c1ccc(-c2cc3c(cc2-c2[c]cccn2)OCO3)cc1. The van der Waals surface area contributed by atoms with Crippen LogP contribution in [-0.4, -0.2) is 26.5 Å². The molecule has 5 nitrogen and oxygen atoms in total. The molecule has 4 rings (SSSR count). The molecule has 0 amide bonds. The number of hydrogen-bond acceptors (Lipinski definition) is 5. The predicted molar refractivity (Wildman–Crippen MR) is 93.2 cm³/mol. The number of nitrogens with zero attached hydrogens (tertiary/aromatic N) is 1. The predicted octanol–water partition coefficient (Wildman–Crippen LogP) is 3.35. The second-order valence-electron chi connectivity index (χ2n) is 5.68. The Bertz CT molecular complexity index is 1030. The maximum absolute atomic E-state index is 11.7. The van der Waals surface area contributed by atoms with Crippen LogP contribution in [0, 0.1) is 6.07 Å². The number of rotatable bonds is 3. The molecule has 25 heavy (non-hydrogen) atoms. The van der Waals surface area contributed by atoms with E-state index in [0.717, 1.165) is 16.7 Å². The van der Waals surface area contributed by atoms with Gasteiger partial charge in [0.1, 0.15) is 0 Å². The number of fused-ring (bicyclic) bond motifs is 1. The van der Waals surface area contributed by atoms with Gasteiger partial charge in [-0.1, -0.05) is 18.2 Å². The molecule has 1 radical (unpaired) electrons. The van der Waals surface area contributed by atoms with Crippen molar-refractivity contribution in [1.82, 2.24) is 4.98 Å².